The highest BCUT2D eigenvalue weighted by molar-refractivity contribution is 6.31. The van der Waals surface area contributed by atoms with Crippen LogP contribution in [0.15, 0.2) is 42.6 Å². The lowest BCUT2D eigenvalue weighted by Crippen LogP contribution is -2.25. The summed E-state index contributed by atoms with van der Waals surface area (Å²) >= 11 is 5.96. The molecule has 1 aromatic carbocycles. The third kappa shape index (κ3) is 4.19. The molecule has 1 aromatic heterocycles. The van der Waals surface area contributed by atoms with Crippen molar-refractivity contribution in [1.29, 1.82) is 0 Å². The van der Waals surface area contributed by atoms with Crippen LogP contribution in [0.5, 0.6) is 0 Å². The van der Waals surface area contributed by atoms with Gasteiger partial charge in [0.25, 0.3) is 0 Å². The molecule has 1 heterocycles. The van der Waals surface area contributed by atoms with Crippen molar-refractivity contribution in [2.24, 2.45) is 0 Å². The highest BCUT2D eigenvalue weighted by Crippen LogP contribution is 2.16. The Bertz CT molecular complexity index is 618. The fraction of sp³-hybridized carbons (Fsp3) is 0.353. The number of ether oxygens (including phenoxy) is 2. The molecule has 4 nitrogen and oxygen atoms in total. The zero-order valence-electron chi connectivity index (χ0n) is 12.8. The number of carbonyl (C=O) groups is 1. The molecule has 2 rings (SSSR count). The fourth-order valence-electron chi connectivity index (χ4n) is 2.24. The second-order valence-corrected chi connectivity index (χ2v) is 5.16. The summed E-state index contributed by atoms with van der Waals surface area (Å²) in [4.78, 5) is 12.6. The second-order valence-electron chi connectivity index (χ2n) is 4.73. The number of hydrogen-bond donors (Lipinski definition) is 0. The van der Waals surface area contributed by atoms with Crippen LogP contribution >= 0.6 is 11.6 Å². The first-order valence-electron chi connectivity index (χ1n) is 7.34. The van der Waals surface area contributed by atoms with E-state index >= 15 is 0 Å². The standard InChI is InChI=1S/C17H20ClNO3/c1-3-21-16(22-4-2)12-19-10-6-9-15(19)17(20)13-7-5-8-14(18)11-13/h5-11,16H,3-4,12H2,1-2H3. The summed E-state index contributed by atoms with van der Waals surface area (Å²) < 4.78 is 12.9. The Hall–Kier alpha value is -1.62. The van der Waals surface area contributed by atoms with E-state index in [0.717, 1.165) is 0 Å². The molecule has 22 heavy (non-hydrogen) atoms. The quantitative estimate of drug-likeness (QED) is 0.549. The van der Waals surface area contributed by atoms with Crippen LogP contribution in [0.4, 0.5) is 0 Å². The second kappa shape index (κ2) is 8.13. The summed E-state index contributed by atoms with van der Waals surface area (Å²) in [5.41, 5.74) is 1.16. The van der Waals surface area contributed by atoms with Gasteiger partial charge in [0.1, 0.15) is 0 Å². The van der Waals surface area contributed by atoms with Crippen LogP contribution in [0, 0.1) is 0 Å². The molecule has 0 saturated carbocycles. The van der Waals surface area contributed by atoms with E-state index in [0.29, 0.717) is 36.0 Å². The first-order chi connectivity index (χ1) is 10.7. The van der Waals surface area contributed by atoms with Crippen molar-refractivity contribution in [3.05, 3.63) is 58.9 Å². The van der Waals surface area contributed by atoms with Gasteiger partial charge >= 0.3 is 0 Å². The highest BCUT2D eigenvalue weighted by Gasteiger charge is 2.17. The summed E-state index contributed by atoms with van der Waals surface area (Å²) in [5.74, 6) is -0.0701. The van der Waals surface area contributed by atoms with Crippen molar-refractivity contribution in [3.63, 3.8) is 0 Å². The average molecular weight is 322 g/mol. The van der Waals surface area contributed by atoms with Gasteiger partial charge in [0.15, 0.2) is 6.29 Å². The topological polar surface area (TPSA) is 40.5 Å². The Morgan fingerprint density at radius 3 is 2.55 bits per heavy atom. The first kappa shape index (κ1) is 16.7. The molecule has 0 unspecified atom stereocenters. The molecule has 0 radical (unpaired) electrons. The molecule has 0 amide bonds. The molecule has 118 valence electrons. The Labute approximate surface area is 135 Å². The van der Waals surface area contributed by atoms with Gasteiger partial charge in [-0.15, -0.1) is 0 Å². The summed E-state index contributed by atoms with van der Waals surface area (Å²) in [6.07, 6.45) is 1.48. The predicted molar refractivity (Wildman–Crippen MR) is 86.4 cm³/mol. The van der Waals surface area contributed by atoms with Crippen LogP contribution < -0.4 is 0 Å². The van der Waals surface area contributed by atoms with Crippen LogP contribution in [0.25, 0.3) is 0 Å². The fourth-order valence-corrected chi connectivity index (χ4v) is 2.43. The molecule has 5 heteroatoms. The number of carbonyl (C=O) groups excluding carboxylic acids is 1. The highest BCUT2D eigenvalue weighted by atomic mass is 35.5. The minimum atomic E-state index is -0.367. The molecule has 0 aliphatic heterocycles. The van der Waals surface area contributed by atoms with Crippen molar-refractivity contribution in [3.8, 4) is 0 Å². The SMILES string of the molecule is CCOC(Cn1cccc1C(=O)c1cccc(Cl)c1)OCC. The predicted octanol–water partition coefficient (Wildman–Crippen LogP) is 3.77. The molecule has 0 spiro atoms. The van der Waals surface area contributed by atoms with E-state index in [9.17, 15) is 4.79 Å². The summed E-state index contributed by atoms with van der Waals surface area (Å²) in [7, 11) is 0. The number of aromatic nitrogens is 1. The van der Waals surface area contributed by atoms with Crippen LogP contribution in [-0.4, -0.2) is 29.9 Å². The summed E-state index contributed by atoms with van der Waals surface area (Å²) in [6, 6.07) is 10.6. The third-order valence-corrected chi connectivity index (χ3v) is 3.43. The van der Waals surface area contributed by atoms with E-state index in [2.05, 4.69) is 0 Å². The molecule has 2 aromatic rings. The molecule has 0 bridgehead atoms. The number of hydrogen-bond acceptors (Lipinski definition) is 3. The Kier molecular flexibility index (Phi) is 6.19. The molecule has 0 aliphatic carbocycles. The largest absolute Gasteiger partial charge is 0.351 e. The Morgan fingerprint density at radius 2 is 1.91 bits per heavy atom. The van der Waals surface area contributed by atoms with Gasteiger partial charge in [0, 0.05) is 30.0 Å². The minimum Gasteiger partial charge on any atom is -0.351 e. The number of nitrogens with zero attached hydrogens (tertiary/aromatic N) is 1. The maximum absolute atomic E-state index is 12.6. The average Bonchev–Trinajstić information content (AvgIpc) is 2.95. The lowest BCUT2D eigenvalue weighted by Gasteiger charge is -2.19. The van der Waals surface area contributed by atoms with Crippen molar-refractivity contribution in [1.82, 2.24) is 4.57 Å². The lowest BCUT2D eigenvalue weighted by atomic mass is 10.1. The Morgan fingerprint density at radius 1 is 1.18 bits per heavy atom. The first-order valence-corrected chi connectivity index (χ1v) is 7.72. The minimum absolute atomic E-state index is 0.0701. The van der Waals surface area contributed by atoms with E-state index in [1.165, 1.54) is 0 Å². The lowest BCUT2D eigenvalue weighted by molar-refractivity contribution is -0.143. The molecule has 0 N–H and O–H groups in total. The van der Waals surface area contributed by atoms with Crippen LogP contribution in [-0.2, 0) is 16.0 Å². The number of halogens is 1. The van der Waals surface area contributed by atoms with E-state index in [4.69, 9.17) is 21.1 Å². The van der Waals surface area contributed by atoms with Crippen LogP contribution in [0.2, 0.25) is 5.02 Å². The molecular formula is C17H20ClNO3. The van der Waals surface area contributed by atoms with Crippen LogP contribution in [0.1, 0.15) is 29.9 Å². The van der Waals surface area contributed by atoms with Crippen LogP contribution in [0.3, 0.4) is 0 Å². The van der Waals surface area contributed by atoms with Crippen molar-refractivity contribution < 1.29 is 14.3 Å². The molecular weight excluding hydrogens is 302 g/mol. The van der Waals surface area contributed by atoms with Gasteiger partial charge < -0.3 is 14.0 Å². The smallest absolute Gasteiger partial charge is 0.209 e. The number of rotatable bonds is 8. The van der Waals surface area contributed by atoms with E-state index in [-0.39, 0.29) is 12.1 Å². The van der Waals surface area contributed by atoms with Gasteiger partial charge in [0.05, 0.1) is 12.2 Å². The van der Waals surface area contributed by atoms with Crippen molar-refractivity contribution >= 4 is 17.4 Å². The number of ketones is 1. The summed E-state index contributed by atoms with van der Waals surface area (Å²) in [6.45, 7) is 5.42. The van der Waals surface area contributed by atoms with E-state index in [1.807, 2.05) is 30.7 Å². The molecule has 0 fully saturated rings. The Balaban J connectivity index is 2.19. The van der Waals surface area contributed by atoms with Gasteiger partial charge in [-0.1, -0.05) is 23.7 Å². The van der Waals surface area contributed by atoms with E-state index in [1.54, 1.807) is 30.3 Å². The molecule has 0 saturated heterocycles. The summed E-state index contributed by atoms with van der Waals surface area (Å²) in [5, 5.41) is 0.547. The van der Waals surface area contributed by atoms with Crippen molar-refractivity contribution in [2.75, 3.05) is 13.2 Å². The zero-order chi connectivity index (χ0) is 15.9. The monoisotopic (exact) mass is 321 g/mol. The zero-order valence-corrected chi connectivity index (χ0v) is 13.5. The molecule has 0 atom stereocenters. The van der Waals surface area contributed by atoms with Gasteiger partial charge in [-0.3, -0.25) is 4.79 Å². The third-order valence-electron chi connectivity index (χ3n) is 3.20. The van der Waals surface area contributed by atoms with Gasteiger partial charge in [-0.05, 0) is 38.1 Å². The number of benzene rings is 1. The van der Waals surface area contributed by atoms with Crippen molar-refractivity contribution in [2.45, 2.75) is 26.7 Å². The maximum Gasteiger partial charge on any atom is 0.209 e. The molecule has 0 aliphatic rings. The van der Waals surface area contributed by atoms with Gasteiger partial charge in [-0.25, -0.2) is 0 Å². The maximum atomic E-state index is 12.6. The van der Waals surface area contributed by atoms with Gasteiger partial charge in [-0.2, -0.15) is 0 Å². The van der Waals surface area contributed by atoms with Gasteiger partial charge in [0.2, 0.25) is 5.78 Å². The normalized spacial score (nSPS) is 11.1. The van der Waals surface area contributed by atoms with E-state index < -0.39 is 0 Å².